The second-order valence-corrected chi connectivity index (χ2v) is 6.47. The van der Waals surface area contributed by atoms with E-state index < -0.39 is 35.9 Å². The summed E-state index contributed by atoms with van der Waals surface area (Å²) in [5.41, 5.74) is 3.63. The van der Waals surface area contributed by atoms with Gasteiger partial charge in [-0.2, -0.15) is 5.26 Å². The molecule has 2 heterocycles. The Morgan fingerprint density at radius 3 is 2.73 bits per heavy atom. The highest BCUT2D eigenvalue weighted by Crippen LogP contribution is 2.38. The first kappa shape index (κ1) is 23.1. The summed E-state index contributed by atoms with van der Waals surface area (Å²) in [4.78, 5) is 20.2. The third kappa shape index (κ3) is 4.37. The molecule has 1 aliphatic rings. The van der Waals surface area contributed by atoms with E-state index in [2.05, 4.69) is 15.3 Å². The maximum Gasteiger partial charge on any atom is 0.274 e. The van der Waals surface area contributed by atoms with Gasteiger partial charge in [-0.15, -0.1) is 12.4 Å². The van der Waals surface area contributed by atoms with Crippen LogP contribution in [-0.4, -0.2) is 36.4 Å². The number of halogens is 4. The van der Waals surface area contributed by atoms with Crippen molar-refractivity contribution in [1.29, 1.82) is 5.26 Å². The number of pyridine rings is 1. The predicted molar refractivity (Wildman–Crippen MR) is 105 cm³/mol. The SMILES string of the molecule is Cc1cc(C#N)cnc1C(=O)Nc1ccc(F)c([C@]2(C(F)F)COCC(N)=N2)c1.Cl. The summed E-state index contributed by atoms with van der Waals surface area (Å²) in [6, 6.07) is 6.65. The van der Waals surface area contributed by atoms with Gasteiger partial charge in [0.2, 0.25) is 0 Å². The van der Waals surface area contributed by atoms with Gasteiger partial charge in [-0.3, -0.25) is 9.79 Å². The quantitative estimate of drug-likeness (QED) is 0.760. The molecule has 1 aliphatic heterocycles. The number of nitrogens with one attached hydrogen (secondary N) is 1. The average Bonchev–Trinajstić information content (AvgIpc) is 2.68. The summed E-state index contributed by atoms with van der Waals surface area (Å²) in [5.74, 6) is -1.75. The summed E-state index contributed by atoms with van der Waals surface area (Å²) >= 11 is 0. The van der Waals surface area contributed by atoms with Crippen molar-refractivity contribution in [2.75, 3.05) is 18.5 Å². The zero-order valence-corrected chi connectivity index (χ0v) is 16.5. The van der Waals surface area contributed by atoms with E-state index in [-0.39, 0.29) is 41.8 Å². The molecule has 0 bridgehead atoms. The van der Waals surface area contributed by atoms with Crippen molar-refractivity contribution in [2.45, 2.75) is 18.9 Å². The Balaban J connectivity index is 0.00000320. The summed E-state index contributed by atoms with van der Waals surface area (Å²) < 4.78 is 47.2. The van der Waals surface area contributed by atoms with Gasteiger partial charge in [0.05, 0.1) is 12.2 Å². The van der Waals surface area contributed by atoms with Crippen molar-refractivity contribution in [3.63, 3.8) is 0 Å². The van der Waals surface area contributed by atoms with E-state index in [4.69, 9.17) is 15.7 Å². The van der Waals surface area contributed by atoms with E-state index in [1.807, 2.05) is 6.07 Å². The highest BCUT2D eigenvalue weighted by Gasteiger charge is 2.46. The molecular formula is C19H17ClF3N5O2. The van der Waals surface area contributed by atoms with Gasteiger partial charge in [-0.1, -0.05) is 0 Å². The van der Waals surface area contributed by atoms with Crippen LogP contribution in [0.25, 0.3) is 0 Å². The fraction of sp³-hybridized carbons (Fsp3) is 0.263. The van der Waals surface area contributed by atoms with Crippen molar-refractivity contribution >= 4 is 29.8 Å². The predicted octanol–water partition coefficient (Wildman–Crippen LogP) is 2.92. The Labute approximate surface area is 176 Å². The van der Waals surface area contributed by atoms with Gasteiger partial charge in [-0.25, -0.2) is 18.2 Å². The van der Waals surface area contributed by atoms with Crippen LogP contribution in [0.2, 0.25) is 0 Å². The molecule has 0 unspecified atom stereocenters. The molecule has 0 radical (unpaired) electrons. The number of carbonyl (C=O) groups is 1. The lowest BCUT2D eigenvalue weighted by Crippen LogP contribution is -2.45. The fourth-order valence-electron chi connectivity index (χ4n) is 3.00. The lowest BCUT2D eigenvalue weighted by atomic mass is 9.90. The molecular weight excluding hydrogens is 423 g/mol. The fourth-order valence-corrected chi connectivity index (χ4v) is 3.00. The zero-order valence-electron chi connectivity index (χ0n) is 15.7. The molecule has 1 amide bonds. The van der Waals surface area contributed by atoms with E-state index in [0.29, 0.717) is 5.56 Å². The molecule has 1 aromatic heterocycles. The molecule has 3 rings (SSSR count). The lowest BCUT2D eigenvalue weighted by Gasteiger charge is -2.33. The number of anilines is 1. The number of nitrogens with zero attached hydrogens (tertiary/aromatic N) is 3. The number of benzene rings is 1. The van der Waals surface area contributed by atoms with Gasteiger partial charge in [0.1, 0.15) is 30.0 Å². The maximum atomic E-state index is 14.4. The van der Waals surface area contributed by atoms with Crippen molar-refractivity contribution in [3.8, 4) is 6.07 Å². The van der Waals surface area contributed by atoms with Crippen LogP contribution in [0.5, 0.6) is 0 Å². The van der Waals surface area contributed by atoms with Gasteiger partial charge >= 0.3 is 0 Å². The third-order valence-corrected chi connectivity index (χ3v) is 4.39. The number of nitriles is 1. The van der Waals surface area contributed by atoms with Gasteiger partial charge < -0.3 is 15.8 Å². The second-order valence-electron chi connectivity index (χ2n) is 6.47. The third-order valence-electron chi connectivity index (χ3n) is 4.39. The number of hydrogen-bond acceptors (Lipinski definition) is 6. The lowest BCUT2D eigenvalue weighted by molar-refractivity contribution is -0.0145. The second kappa shape index (κ2) is 9.11. The van der Waals surface area contributed by atoms with Crippen LogP contribution in [0.3, 0.4) is 0 Å². The number of aryl methyl sites for hydroxylation is 1. The molecule has 0 saturated heterocycles. The molecule has 158 valence electrons. The first-order valence-corrected chi connectivity index (χ1v) is 8.45. The molecule has 1 aromatic carbocycles. The van der Waals surface area contributed by atoms with Crippen LogP contribution < -0.4 is 11.1 Å². The largest absolute Gasteiger partial charge is 0.385 e. The summed E-state index contributed by atoms with van der Waals surface area (Å²) in [7, 11) is 0. The molecule has 2 aromatic rings. The topological polar surface area (TPSA) is 113 Å². The van der Waals surface area contributed by atoms with Crippen molar-refractivity contribution < 1.29 is 22.7 Å². The van der Waals surface area contributed by atoms with Gasteiger partial charge in [0.25, 0.3) is 12.3 Å². The number of amides is 1. The monoisotopic (exact) mass is 439 g/mol. The zero-order chi connectivity index (χ0) is 21.2. The van der Waals surface area contributed by atoms with Crippen LogP contribution in [0.1, 0.15) is 27.2 Å². The maximum absolute atomic E-state index is 14.4. The van der Waals surface area contributed by atoms with Gasteiger partial charge in [0, 0.05) is 17.4 Å². The standard InChI is InChI=1S/C19H16F3N5O2.ClH/c1-10-4-11(6-23)7-25-16(10)17(28)26-12-2-3-14(20)13(5-12)19(18(21)22)9-29-8-15(24)27-19;/h2-5,7,18H,8-9H2,1H3,(H2,24,27)(H,26,28);1H/t19-;/m0./s1. The normalized spacial score (nSPS) is 18.2. The number of alkyl halides is 2. The highest BCUT2D eigenvalue weighted by atomic mass is 35.5. The van der Waals surface area contributed by atoms with E-state index in [1.54, 1.807) is 6.92 Å². The molecule has 7 nitrogen and oxygen atoms in total. The molecule has 30 heavy (non-hydrogen) atoms. The van der Waals surface area contributed by atoms with Crippen LogP contribution in [0.4, 0.5) is 18.9 Å². The smallest absolute Gasteiger partial charge is 0.274 e. The highest BCUT2D eigenvalue weighted by molar-refractivity contribution is 6.03. The van der Waals surface area contributed by atoms with Crippen LogP contribution in [0.15, 0.2) is 35.5 Å². The Hall–Kier alpha value is -3.16. The summed E-state index contributed by atoms with van der Waals surface area (Å²) in [5, 5.41) is 11.4. The van der Waals surface area contributed by atoms with E-state index in [1.165, 1.54) is 18.3 Å². The Morgan fingerprint density at radius 2 is 2.13 bits per heavy atom. The Kier molecular flexibility index (Phi) is 7.02. The van der Waals surface area contributed by atoms with Crippen molar-refractivity contribution in [1.82, 2.24) is 4.98 Å². The first-order valence-electron chi connectivity index (χ1n) is 8.45. The molecule has 0 fully saturated rings. The summed E-state index contributed by atoms with van der Waals surface area (Å²) in [6.07, 6.45) is -1.86. The van der Waals surface area contributed by atoms with Crippen LogP contribution in [-0.2, 0) is 10.3 Å². The molecule has 0 aliphatic carbocycles. The minimum Gasteiger partial charge on any atom is -0.385 e. The Morgan fingerprint density at radius 1 is 1.40 bits per heavy atom. The molecule has 1 atom stereocenters. The number of nitrogens with two attached hydrogens (primary N) is 1. The van der Waals surface area contributed by atoms with Gasteiger partial charge in [-0.05, 0) is 36.8 Å². The number of carbonyl (C=O) groups excluding carboxylic acids is 1. The minimum absolute atomic E-state index is 0. The molecule has 0 spiro atoms. The molecule has 11 heteroatoms. The summed E-state index contributed by atoms with van der Waals surface area (Å²) in [6.45, 7) is 0.910. The van der Waals surface area contributed by atoms with E-state index >= 15 is 0 Å². The minimum atomic E-state index is -3.09. The van der Waals surface area contributed by atoms with Crippen molar-refractivity contribution in [3.05, 3.63) is 58.7 Å². The number of aliphatic imine (C=N–C) groups is 1. The number of aromatic nitrogens is 1. The van der Waals surface area contributed by atoms with Crippen molar-refractivity contribution in [2.24, 2.45) is 10.7 Å². The first-order chi connectivity index (χ1) is 13.8. The molecule has 3 N–H and O–H groups in total. The molecule has 0 saturated carbocycles. The Bertz CT molecular complexity index is 1040. The number of rotatable bonds is 4. The van der Waals surface area contributed by atoms with Crippen LogP contribution >= 0.6 is 12.4 Å². The number of amidine groups is 1. The van der Waals surface area contributed by atoms with Crippen LogP contribution in [0, 0.1) is 24.1 Å². The van der Waals surface area contributed by atoms with E-state index in [9.17, 15) is 18.0 Å². The number of hydrogen-bond donors (Lipinski definition) is 2. The number of ether oxygens (including phenoxy) is 1. The average molecular weight is 440 g/mol. The van der Waals surface area contributed by atoms with E-state index in [0.717, 1.165) is 12.1 Å². The van der Waals surface area contributed by atoms with Gasteiger partial charge in [0.15, 0.2) is 5.54 Å².